The molecule has 0 fully saturated rings. The summed E-state index contributed by atoms with van der Waals surface area (Å²) in [5, 5.41) is 3.72. The summed E-state index contributed by atoms with van der Waals surface area (Å²) >= 11 is 0. The molecule has 0 N–H and O–H groups in total. The standard InChI is InChI=1S/C39H28N2/c1-4-15-30(16-5-1)39(31-17-6-2-7-18-31,40-27-26-29-14-10-12-22-36(29)40)32-24-25-38-35(28-32)34-21-11-13-23-37(34)41(38)33-19-8-3-9-20-33/h1-28H. The molecule has 0 aliphatic carbocycles. The van der Waals surface area contributed by atoms with Gasteiger partial charge in [0.2, 0.25) is 0 Å². The van der Waals surface area contributed by atoms with E-state index in [4.69, 9.17) is 0 Å². The van der Waals surface area contributed by atoms with Gasteiger partial charge in [-0.25, -0.2) is 0 Å². The van der Waals surface area contributed by atoms with E-state index in [1.54, 1.807) is 0 Å². The number of fused-ring (bicyclic) bond motifs is 4. The average Bonchev–Trinajstić information content (AvgIpc) is 3.63. The SMILES string of the molecule is c1ccc(-n2c3ccccc3c3cc(C(c4ccccc4)(c4ccccc4)n4ccc5ccccc54)ccc32)cc1. The van der Waals surface area contributed by atoms with Crippen LogP contribution in [-0.4, -0.2) is 9.13 Å². The van der Waals surface area contributed by atoms with Gasteiger partial charge in [-0.2, -0.15) is 0 Å². The minimum Gasteiger partial charge on any atom is -0.329 e. The van der Waals surface area contributed by atoms with Crippen LogP contribution in [0, 0.1) is 0 Å². The maximum absolute atomic E-state index is 2.46. The minimum atomic E-state index is -0.588. The molecule has 194 valence electrons. The lowest BCUT2D eigenvalue weighted by atomic mass is 9.76. The summed E-state index contributed by atoms with van der Waals surface area (Å²) in [6.07, 6.45) is 2.25. The lowest BCUT2D eigenvalue weighted by molar-refractivity contribution is 0.534. The van der Waals surface area contributed by atoms with Crippen molar-refractivity contribution in [2.24, 2.45) is 0 Å². The monoisotopic (exact) mass is 524 g/mol. The molecule has 2 heterocycles. The molecule has 0 unspecified atom stereocenters. The van der Waals surface area contributed by atoms with E-state index in [2.05, 4.69) is 179 Å². The second-order valence-corrected chi connectivity index (χ2v) is 10.6. The van der Waals surface area contributed by atoms with E-state index in [0.29, 0.717) is 0 Å². The molecule has 0 aliphatic rings. The van der Waals surface area contributed by atoms with Gasteiger partial charge in [0.25, 0.3) is 0 Å². The Morgan fingerprint density at radius 3 is 1.66 bits per heavy atom. The minimum absolute atomic E-state index is 0.588. The van der Waals surface area contributed by atoms with Crippen molar-refractivity contribution in [1.82, 2.24) is 9.13 Å². The number of hydrogen-bond donors (Lipinski definition) is 0. The van der Waals surface area contributed by atoms with Crippen molar-refractivity contribution in [1.29, 1.82) is 0 Å². The fraction of sp³-hybridized carbons (Fsp3) is 0.0256. The highest BCUT2D eigenvalue weighted by Gasteiger charge is 2.39. The van der Waals surface area contributed by atoms with Crippen LogP contribution >= 0.6 is 0 Å². The van der Waals surface area contributed by atoms with Gasteiger partial charge in [0, 0.05) is 28.2 Å². The van der Waals surface area contributed by atoms with Crippen LogP contribution < -0.4 is 0 Å². The Hall–Kier alpha value is -5.34. The van der Waals surface area contributed by atoms with Crippen LogP contribution in [-0.2, 0) is 5.54 Å². The number of nitrogens with zero attached hydrogens (tertiary/aromatic N) is 2. The summed E-state index contributed by atoms with van der Waals surface area (Å²) in [5.74, 6) is 0. The van der Waals surface area contributed by atoms with Gasteiger partial charge in [-0.1, -0.05) is 121 Å². The summed E-state index contributed by atoms with van der Waals surface area (Å²) in [6, 6.07) is 59.2. The predicted octanol–water partition coefficient (Wildman–Crippen LogP) is 9.58. The van der Waals surface area contributed by atoms with Crippen LogP contribution in [0.15, 0.2) is 170 Å². The van der Waals surface area contributed by atoms with E-state index in [-0.39, 0.29) is 0 Å². The topological polar surface area (TPSA) is 9.86 Å². The number of para-hydroxylation sites is 3. The van der Waals surface area contributed by atoms with Crippen molar-refractivity contribution < 1.29 is 0 Å². The molecular formula is C39H28N2. The van der Waals surface area contributed by atoms with Crippen LogP contribution in [0.1, 0.15) is 16.7 Å². The highest BCUT2D eigenvalue weighted by molar-refractivity contribution is 6.09. The molecule has 0 amide bonds. The zero-order valence-corrected chi connectivity index (χ0v) is 22.6. The molecule has 0 spiro atoms. The first kappa shape index (κ1) is 23.5. The van der Waals surface area contributed by atoms with E-state index < -0.39 is 5.54 Å². The van der Waals surface area contributed by atoms with Gasteiger partial charge >= 0.3 is 0 Å². The summed E-state index contributed by atoms with van der Waals surface area (Å²) in [6.45, 7) is 0. The third-order valence-electron chi connectivity index (χ3n) is 8.45. The third kappa shape index (κ3) is 3.51. The third-order valence-corrected chi connectivity index (χ3v) is 8.45. The maximum Gasteiger partial charge on any atom is 0.120 e. The van der Waals surface area contributed by atoms with E-state index in [9.17, 15) is 0 Å². The second kappa shape index (κ2) is 9.39. The zero-order valence-electron chi connectivity index (χ0n) is 22.6. The fourth-order valence-corrected chi connectivity index (χ4v) is 6.70. The van der Waals surface area contributed by atoms with Gasteiger partial charge in [0.1, 0.15) is 5.54 Å². The lowest BCUT2D eigenvalue weighted by Crippen LogP contribution is -2.37. The molecule has 0 atom stereocenters. The van der Waals surface area contributed by atoms with Gasteiger partial charge in [-0.3, -0.25) is 0 Å². The van der Waals surface area contributed by atoms with Crippen molar-refractivity contribution in [3.63, 3.8) is 0 Å². The van der Waals surface area contributed by atoms with E-state index in [1.807, 2.05) is 0 Å². The van der Waals surface area contributed by atoms with Gasteiger partial charge in [-0.15, -0.1) is 0 Å². The van der Waals surface area contributed by atoms with Gasteiger partial charge < -0.3 is 9.13 Å². The van der Waals surface area contributed by atoms with Crippen LogP contribution in [0.4, 0.5) is 0 Å². The number of aromatic nitrogens is 2. The second-order valence-electron chi connectivity index (χ2n) is 10.6. The molecular weight excluding hydrogens is 496 g/mol. The van der Waals surface area contributed by atoms with Crippen LogP contribution in [0.2, 0.25) is 0 Å². The first-order valence-corrected chi connectivity index (χ1v) is 14.1. The molecule has 0 aliphatic heterocycles. The van der Waals surface area contributed by atoms with Gasteiger partial charge in [0.05, 0.1) is 11.0 Å². The molecule has 0 saturated heterocycles. The first-order valence-electron chi connectivity index (χ1n) is 14.1. The molecule has 2 heteroatoms. The Bertz CT molecular complexity index is 2100. The van der Waals surface area contributed by atoms with Crippen molar-refractivity contribution in [3.8, 4) is 5.69 Å². The zero-order chi connectivity index (χ0) is 27.2. The van der Waals surface area contributed by atoms with Crippen molar-refractivity contribution in [2.45, 2.75) is 5.54 Å². The molecule has 8 rings (SSSR count). The van der Waals surface area contributed by atoms with Crippen LogP contribution in [0.25, 0.3) is 38.4 Å². The Morgan fingerprint density at radius 2 is 0.951 bits per heavy atom. The first-order chi connectivity index (χ1) is 20.4. The Morgan fingerprint density at radius 1 is 0.390 bits per heavy atom. The highest BCUT2D eigenvalue weighted by Crippen LogP contribution is 2.45. The van der Waals surface area contributed by atoms with Crippen molar-refractivity contribution >= 4 is 32.7 Å². The van der Waals surface area contributed by atoms with Crippen molar-refractivity contribution in [2.75, 3.05) is 0 Å². The Labute approximate surface area is 239 Å². The normalized spacial score (nSPS) is 11.9. The summed E-state index contributed by atoms with van der Waals surface area (Å²) in [7, 11) is 0. The van der Waals surface area contributed by atoms with E-state index in [0.717, 1.165) is 0 Å². The van der Waals surface area contributed by atoms with Gasteiger partial charge in [-0.05, 0) is 64.5 Å². The molecule has 6 aromatic carbocycles. The number of hydrogen-bond acceptors (Lipinski definition) is 0. The predicted molar refractivity (Wildman–Crippen MR) is 171 cm³/mol. The van der Waals surface area contributed by atoms with Crippen LogP contribution in [0.3, 0.4) is 0 Å². The number of rotatable bonds is 5. The molecule has 2 nitrogen and oxygen atoms in total. The number of benzene rings is 6. The lowest BCUT2D eigenvalue weighted by Gasteiger charge is -2.38. The molecule has 0 radical (unpaired) electrons. The quantitative estimate of drug-likeness (QED) is 0.198. The molecule has 2 aromatic heterocycles. The Balaban J connectivity index is 1.52. The smallest absolute Gasteiger partial charge is 0.120 e. The fourth-order valence-electron chi connectivity index (χ4n) is 6.70. The molecule has 0 bridgehead atoms. The summed E-state index contributed by atoms with van der Waals surface area (Å²) in [4.78, 5) is 0. The highest BCUT2D eigenvalue weighted by atomic mass is 15.1. The largest absolute Gasteiger partial charge is 0.329 e. The maximum atomic E-state index is 2.46. The molecule has 0 saturated carbocycles. The van der Waals surface area contributed by atoms with Crippen molar-refractivity contribution in [3.05, 3.63) is 187 Å². The van der Waals surface area contributed by atoms with Gasteiger partial charge in [0.15, 0.2) is 0 Å². The summed E-state index contributed by atoms with van der Waals surface area (Å²) < 4.78 is 4.84. The molecule has 8 aromatic rings. The average molecular weight is 525 g/mol. The Kier molecular flexibility index (Phi) is 5.39. The summed E-state index contributed by atoms with van der Waals surface area (Å²) in [5.41, 5.74) is 7.86. The van der Waals surface area contributed by atoms with E-state index >= 15 is 0 Å². The van der Waals surface area contributed by atoms with E-state index in [1.165, 1.54) is 55.1 Å². The molecule has 41 heavy (non-hydrogen) atoms. The van der Waals surface area contributed by atoms with Crippen LogP contribution in [0.5, 0.6) is 0 Å².